The van der Waals surface area contributed by atoms with Crippen LogP contribution >= 0.6 is 0 Å². The van der Waals surface area contributed by atoms with Crippen molar-refractivity contribution in [2.75, 3.05) is 31.6 Å². The SMILES string of the molecule is Cc1nnc(CN=C(NCCCC(C)C)NCCCN(C)c2ccccc2)n1C. The fraction of sp³-hybridized carbons (Fsp3) is 0.591. The molecule has 2 aromatic rings. The standard InChI is InChI=1S/C22H37N7/c1-18(2)11-9-14-23-22(25-17-21-27-26-19(3)29(21)5)24-15-10-16-28(4)20-12-7-6-8-13-20/h6-8,12-13,18H,9-11,14-17H2,1-5H3,(H2,23,24,25). The number of para-hydroxylation sites is 1. The van der Waals surface area contributed by atoms with Gasteiger partial charge in [0, 0.05) is 39.4 Å². The fourth-order valence-electron chi connectivity index (χ4n) is 2.96. The van der Waals surface area contributed by atoms with Crippen LogP contribution < -0.4 is 15.5 Å². The van der Waals surface area contributed by atoms with Crippen LogP contribution in [0.2, 0.25) is 0 Å². The summed E-state index contributed by atoms with van der Waals surface area (Å²) in [7, 11) is 4.10. The molecule has 0 radical (unpaired) electrons. The van der Waals surface area contributed by atoms with Crippen molar-refractivity contribution < 1.29 is 0 Å². The van der Waals surface area contributed by atoms with Crippen molar-refractivity contribution in [3.05, 3.63) is 42.0 Å². The molecule has 160 valence electrons. The molecule has 0 saturated carbocycles. The first-order chi connectivity index (χ1) is 14.0. The van der Waals surface area contributed by atoms with Gasteiger partial charge < -0.3 is 20.1 Å². The van der Waals surface area contributed by atoms with Crippen LogP contribution in [0.5, 0.6) is 0 Å². The molecule has 1 aromatic carbocycles. The summed E-state index contributed by atoms with van der Waals surface area (Å²) < 4.78 is 1.98. The van der Waals surface area contributed by atoms with E-state index in [-0.39, 0.29) is 0 Å². The molecule has 0 atom stereocenters. The van der Waals surface area contributed by atoms with Crippen molar-refractivity contribution >= 4 is 11.6 Å². The number of nitrogens with zero attached hydrogens (tertiary/aromatic N) is 5. The molecule has 0 aliphatic heterocycles. The van der Waals surface area contributed by atoms with Crippen LogP contribution in [0.1, 0.15) is 44.8 Å². The van der Waals surface area contributed by atoms with E-state index in [1.54, 1.807) is 0 Å². The topological polar surface area (TPSA) is 70.4 Å². The highest BCUT2D eigenvalue weighted by Gasteiger charge is 2.06. The monoisotopic (exact) mass is 399 g/mol. The van der Waals surface area contributed by atoms with Crippen LogP contribution in [0.25, 0.3) is 0 Å². The highest BCUT2D eigenvalue weighted by molar-refractivity contribution is 5.79. The smallest absolute Gasteiger partial charge is 0.191 e. The van der Waals surface area contributed by atoms with E-state index in [1.165, 1.54) is 12.1 Å². The van der Waals surface area contributed by atoms with E-state index < -0.39 is 0 Å². The molecule has 7 heteroatoms. The molecule has 2 rings (SSSR count). The average Bonchev–Trinajstić information content (AvgIpc) is 3.04. The Labute approximate surface area is 175 Å². The first-order valence-corrected chi connectivity index (χ1v) is 10.6. The van der Waals surface area contributed by atoms with Crippen LogP contribution in [-0.4, -0.2) is 47.4 Å². The van der Waals surface area contributed by atoms with Crippen molar-refractivity contribution in [3.8, 4) is 0 Å². The largest absolute Gasteiger partial charge is 0.375 e. The summed E-state index contributed by atoms with van der Waals surface area (Å²) in [5.74, 6) is 3.34. The fourth-order valence-corrected chi connectivity index (χ4v) is 2.96. The Morgan fingerprint density at radius 2 is 1.79 bits per heavy atom. The van der Waals surface area contributed by atoms with Crippen molar-refractivity contribution in [2.45, 2.75) is 46.6 Å². The summed E-state index contributed by atoms with van der Waals surface area (Å²) in [5, 5.41) is 15.2. The van der Waals surface area contributed by atoms with Gasteiger partial charge in [0.2, 0.25) is 0 Å². The molecular weight excluding hydrogens is 362 g/mol. The molecule has 0 aliphatic carbocycles. The third kappa shape index (κ3) is 8.13. The first-order valence-electron chi connectivity index (χ1n) is 10.6. The van der Waals surface area contributed by atoms with Crippen molar-refractivity contribution in [3.63, 3.8) is 0 Å². The lowest BCUT2D eigenvalue weighted by atomic mass is 10.1. The van der Waals surface area contributed by atoms with E-state index in [9.17, 15) is 0 Å². The van der Waals surface area contributed by atoms with Gasteiger partial charge in [-0.3, -0.25) is 0 Å². The maximum atomic E-state index is 4.72. The zero-order valence-electron chi connectivity index (χ0n) is 18.6. The van der Waals surface area contributed by atoms with Gasteiger partial charge in [-0.25, -0.2) is 4.99 Å². The Morgan fingerprint density at radius 1 is 1.10 bits per heavy atom. The normalized spacial score (nSPS) is 11.7. The molecule has 0 aliphatic rings. The number of aryl methyl sites for hydroxylation is 1. The molecule has 0 fully saturated rings. The molecule has 0 unspecified atom stereocenters. The predicted octanol–water partition coefficient (Wildman–Crippen LogP) is 3.12. The van der Waals surface area contributed by atoms with Crippen LogP contribution in [0.3, 0.4) is 0 Å². The summed E-state index contributed by atoms with van der Waals surface area (Å²) in [6.07, 6.45) is 3.38. The lowest BCUT2D eigenvalue weighted by molar-refractivity contribution is 0.548. The minimum absolute atomic E-state index is 0.515. The van der Waals surface area contributed by atoms with Gasteiger partial charge >= 0.3 is 0 Å². The minimum Gasteiger partial charge on any atom is -0.375 e. The Morgan fingerprint density at radius 3 is 2.41 bits per heavy atom. The summed E-state index contributed by atoms with van der Waals surface area (Å²) in [4.78, 5) is 6.99. The van der Waals surface area contributed by atoms with Gasteiger partial charge in [-0.05, 0) is 44.2 Å². The van der Waals surface area contributed by atoms with Crippen LogP contribution in [0.15, 0.2) is 35.3 Å². The molecule has 0 spiro atoms. The Hall–Kier alpha value is -2.57. The van der Waals surface area contributed by atoms with E-state index in [4.69, 9.17) is 4.99 Å². The second kappa shape index (κ2) is 12.1. The number of hydrogen-bond acceptors (Lipinski definition) is 4. The number of aliphatic imine (C=N–C) groups is 1. The highest BCUT2D eigenvalue weighted by atomic mass is 15.3. The zero-order chi connectivity index (χ0) is 21.1. The number of guanidine groups is 1. The lowest BCUT2D eigenvalue weighted by Crippen LogP contribution is -2.39. The second-order valence-electron chi connectivity index (χ2n) is 7.89. The first kappa shape index (κ1) is 22.7. The Balaban J connectivity index is 1.83. The summed E-state index contributed by atoms with van der Waals surface area (Å²) in [5.41, 5.74) is 1.24. The lowest BCUT2D eigenvalue weighted by Gasteiger charge is -2.20. The highest BCUT2D eigenvalue weighted by Crippen LogP contribution is 2.10. The number of nitrogens with one attached hydrogen (secondary N) is 2. The molecule has 29 heavy (non-hydrogen) atoms. The number of hydrogen-bond donors (Lipinski definition) is 2. The molecular formula is C22H37N7. The van der Waals surface area contributed by atoms with Gasteiger partial charge in [0.15, 0.2) is 11.8 Å². The molecule has 0 bridgehead atoms. The van der Waals surface area contributed by atoms with Crippen LogP contribution in [0, 0.1) is 12.8 Å². The van der Waals surface area contributed by atoms with Gasteiger partial charge in [0.25, 0.3) is 0 Å². The third-order valence-corrected chi connectivity index (χ3v) is 4.97. The van der Waals surface area contributed by atoms with Crippen molar-refractivity contribution in [1.82, 2.24) is 25.4 Å². The van der Waals surface area contributed by atoms with E-state index in [0.717, 1.165) is 56.0 Å². The molecule has 0 amide bonds. The second-order valence-corrected chi connectivity index (χ2v) is 7.89. The van der Waals surface area contributed by atoms with Gasteiger partial charge in [-0.1, -0.05) is 32.0 Å². The van der Waals surface area contributed by atoms with Gasteiger partial charge in [0.1, 0.15) is 12.4 Å². The maximum Gasteiger partial charge on any atom is 0.191 e. The number of anilines is 1. The molecule has 2 N–H and O–H groups in total. The van der Waals surface area contributed by atoms with Crippen LogP contribution in [0.4, 0.5) is 5.69 Å². The van der Waals surface area contributed by atoms with Gasteiger partial charge in [0.05, 0.1) is 0 Å². The molecule has 1 heterocycles. The van der Waals surface area contributed by atoms with Crippen molar-refractivity contribution in [2.24, 2.45) is 18.0 Å². The minimum atomic E-state index is 0.515. The Kier molecular flexibility index (Phi) is 9.47. The average molecular weight is 400 g/mol. The van der Waals surface area contributed by atoms with E-state index in [1.807, 2.05) is 24.6 Å². The summed E-state index contributed by atoms with van der Waals surface area (Å²) >= 11 is 0. The van der Waals surface area contributed by atoms with Crippen LogP contribution in [-0.2, 0) is 13.6 Å². The maximum absolute atomic E-state index is 4.72. The summed E-state index contributed by atoms with van der Waals surface area (Å²) in [6, 6.07) is 10.5. The number of benzene rings is 1. The van der Waals surface area contributed by atoms with E-state index in [0.29, 0.717) is 6.54 Å². The van der Waals surface area contributed by atoms with E-state index >= 15 is 0 Å². The molecule has 7 nitrogen and oxygen atoms in total. The summed E-state index contributed by atoms with van der Waals surface area (Å²) in [6.45, 7) is 9.75. The molecule has 1 aromatic heterocycles. The van der Waals surface area contributed by atoms with Crippen molar-refractivity contribution in [1.29, 1.82) is 0 Å². The quantitative estimate of drug-likeness (QED) is 0.345. The van der Waals surface area contributed by atoms with Gasteiger partial charge in [-0.2, -0.15) is 0 Å². The predicted molar refractivity (Wildman–Crippen MR) is 121 cm³/mol. The molecule has 0 saturated heterocycles. The zero-order valence-corrected chi connectivity index (χ0v) is 18.6. The third-order valence-electron chi connectivity index (χ3n) is 4.97. The number of aromatic nitrogens is 3. The number of rotatable bonds is 11. The van der Waals surface area contributed by atoms with E-state index in [2.05, 4.69) is 70.9 Å². The Bertz CT molecular complexity index is 737. The van der Waals surface area contributed by atoms with Gasteiger partial charge in [-0.15, -0.1) is 10.2 Å².